The number of aliphatic hydroxyl groups is 1. The molecule has 1 rings (SSSR count). The summed E-state index contributed by atoms with van der Waals surface area (Å²) in [6.45, 7) is -2.86. The Morgan fingerprint density at radius 3 is 2.40 bits per heavy atom. The third kappa shape index (κ3) is 3.63. The quantitative estimate of drug-likeness (QED) is 0.485. The van der Waals surface area contributed by atoms with Crippen molar-refractivity contribution in [1.29, 1.82) is 0 Å². The molecule has 0 fully saturated rings. The maximum atomic E-state index is 13.0. The van der Waals surface area contributed by atoms with E-state index in [9.17, 15) is 32.5 Å². The van der Waals surface area contributed by atoms with Gasteiger partial charge in [-0.1, -0.05) is 0 Å². The highest BCUT2D eigenvalue weighted by Crippen LogP contribution is 2.22. The molecular formula is C10H8F4N2O4. The Bertz CT molecular complexity index is 550. The number of nitrogens with zero attached hydrogens (tertiary/aromatic N) is 1. The van der Waals surface area contributed by atoms with Crippen LogP contribution >= 0.6 is 0 Å². The fourth-order valence-corrected chi connectivity index (χ4v) is 1.23. The van der Waals surface area contributed by atoms with E-state index >= 15 is 0 Å². The summed E-state index contributed by atoms with van der Waals surface area (Å²) in [6.07, 6.45) is 0. The molecule has 1 amide bonds. The van der Waals surface area contributed by atoms with Gasteiger partial charge in [0.15, 0.2) is 11.6 Å². The number of nitro groups is 1. The van der Waals surface area contributed by atoms with E-state index in [-0.39, 0.29) is 12.1 Å². The summed E-state index contributed by atoms with van der Waals surface area (Å²) in [4.78, 5) is 20.9. The molecule has 20 heavy (non-hydrogen) atoms. The van der Waals surface area contributed by atoms with Gasteiger partial charge in [0.25, 0.3) is 17.5 Å². The molecule has 110 valence electrons. The van der Waals surface area contributed by atoms with Crippen LogP contribution in [0.4, 0.5) is 23.2 Å². The second-order valence-electron chi connectivity index (χ2n) is 3.74. The van der Waals surface area contributed by atoms with Crippen molar-refractivity contribution in [3.8, 4) is 0 Å². The lowest BCUT2D eigenvalue weighted by Crippen LogP contribution is -2.39. The molecule has 0 atom stereocenters. The molecule has 0 aliphatic carbocycles. The van der Waals surface area contributed by atoms with Crippen molar-refractivity contribution in [3.63, 3.8) is 0 Å². The molecular weight excluding hydrogens is 288 g/mol. The summed E-state index contributed by atoms with van der Waals surface area (Å²) in [5, 5.41) is 20.5. The first-order chi connectivity index (χ1) is 9.18. The van der Waals surface area contributed by atoms with E-state index in [1.807, 2.05) is 0 Å². The molecule has 0 heterocycles. The summed E-state index contributed by atoms with van der Waals surface area (Å²) < 4.78 is 51.2. The molecule has 0 aliphatic rings. The standard InChI is InChI=1S/C10H8F4N2O4/c11-6-1-5(8(16(19)20)2-7(6)12)9(18)15-3-10(13,14)4-17/h1-2,17H,3-4H2,(H,15,18). The topological polar surface area (TPSA) is 92.5 Å². The first-order valence-electron chi connectivity index (χ1n) is 5.08. The summed E-state index contributed by atoms with van der Waals surface area (Å²) in [5.41, 5.74) is -1.96. The lowest BCUT2D eigenvalue weighted by atomic mass is 10.1. The smallest absolute Gasteiger partial charge is 0.287 e. The predicted molar refractivity (Wildman–Crippen MR) is 57.4 cm³/mol. The lowest BCUT2D eigenvalue weighted by Gasteiger charge is -2.14. The molecule has 0 aromatic heterocycles. The zero-order valence-electron chi connectivity index (χ0n) is 9.70. The van der Waals surface area contributed by atoms with Crippen LogP contribution in [0.5, 0.6) is 0 Å². The van der Waals surface area contributed by atoms with Gasteiger partial charge in [0.2, 0.25) is 0 Å². The van der Waals surface area contributed by atoms with Gasteiger partial charge in [-0.05, 0) is 6.07 Å². The zero-order chi connectivity index (χ0) is 15.5. The number of aliphatic hydroxyl groups excluding tert-OH is 1. The second kappa shape index (κ2) is 5.82. The molecule has 0 saturated heterocycles. The number of nitrogens with one attached hydrogen (secondary N) is 1. The molecule has 0 radical (unpaired) electrons. The van der Waals surface area contributed by atoms with Crippen LogP contribution in [0, 0.1) is 21.7 Å². The van der Waals surface area contributed by atoms with Crippen LogP contribution in [0.1, 0.15) is 10.4 Å². The van der Waals surface area contributed by atoms with Crippen molar-refractivity contribution < 1.29 is 32.4 Å². The number of hydrogen-bond acceptors (Lipinski definition) is 4. The van der Waals surface area contributed by atoms with Crippen LogP contribution in [-0.4, -0.2) is 35.0 Å². The van der Waals surface area contributed by atoms with Crippen molar-refractivity contribution in [2.45, 2.75) is 5.92 Å². The largest absolute Gasteiger partial charge is 0.390 e. The number of carbonyl (C=O) groups is 1. The fraction of sp³-hybridized carbons (Fsp3) is 0.300. The second-order valence-corrected chi connectivity index (χ2v) is 3.74. The van der Waals surface area contributed by atoms with Crippen LogP contribution in [0.25, 0.3) is 0 Å². The highest BCUT2D eigenvalue weighted by Gasteiger charge is 2.30. The first kappa shape index (κ1) is 15.8. The average molecular weight is 296 g/mol. The van der Waals surface area contributed by atoms with Crippen molar-refractivity contribution >= 4 is 11.6 Å². The van der Waals surface area contributed by atoms with Crippen LogP contribution in [-0.2, 0) is 0 Å². The minimum Gasteiger partial charge on any atom is -0.390 e. The normalized spacial score (nSPS) is 11.2. The van der Waals surface area contributed by atoms with Crippen LogP contribution in [0.15, 0.2) is 12.1 Å². The number of nitro benzene ring substituents is 1. The molecule has 1 aromatic rings. The number of hydrogen-bond donors (Lipinski definition) is 2. The lowest BCUT2D eigenvalue weighted by molar-refractivity contribution is -0.385. The zero-order valence-corrected chi connectivity index (χ0v) is 9.70. The molecule has 2 N–H and O–H groups in total. The Kier molecular flexibility index (Phi) is 4.61. The van der Waals surface area contributed by atoms with E-state index in [0.29, 0.717) is 0 Å². The van der Waals surface area contributed by atoms with E-state index < -0.39 is 52.8 Å². The van der Waals surface area contributed by atoms with Gasteiger partial charge in [-0.15, -0.1) is 0 Å². The maximum absolute atomic E-state index is 13.0. The highest BCUT2D eigenvalue weighted by atomic mass is 19.3. The van der Waals surface area contributed by atoms with Gasteiger partial charge >= 0.3 is 0 Å². The fourth-order valence-electron chi connectivity index (χ4n) is 1.23. The summed E-state index contributed by atoms with van der Waals surface area (Å²) in [5.74, 6) is -8.10. The minimum atomic E-state index is -3.64. The number of rotatable bonds is 5. The number of benzene rings is 1. The van der Waals surface area contributed by atoms with Gasteiger partial charge < -0.3 is 10.4 Å². The Morgan fingerprint density at radius 2 is 1.90 bits per heavy atom. The predicted octanol–water partition coefficient (Wildman–Crippen LogP) is 1.23. The van der Waals surface area contributed by atoms with Crippen LogP contribution in [0.3, 0.4) is 0 Å². The van der Waals surface area contributed by atoms with Crippen molar-refractivity contribution in [3.05, 3.63) is 39.4 Å². The van der Waals surface area contributed by atoms with Gasteiger partial charge in [0.1, 0.15) is 12.2 Å². The highest BCUT2D eigenvalue weighted by molar-refractivity contribution is 5.98. The van der Waals surface area contributed by atoms with E-state index in [2.05, 4.69) is 0 Å². The van der Waals surface area contributed by atoms with Gasteiger partial charge in [0.05, 0.1) is 17.5 Å². The SMILES string of the molecule is O=C(NCC(F)(F)CO)c1cc(F)c(F)cc1[N+](=O)[O-]. The van der Waals surface area contributed by atoms with Gasteiger partial charge in [-0.2, -0.15) is 0 Å². The number of carbonyl (C=O) groups excluding carboxylic acids is 1. The van der Waals surface area contributed by atoms with Gasteiger partial charge in [0, 0.05) is 0 Å². The van der Waals surface area contributed by atoms with Crippen molar-refractivity contribution in [1.82, 2.24) is 5.32 Å². The van der Waals surface area contributed by atoms with Gasteiger partial charge in [-0.25, -0.2) is 17.6 Å². The Hall–Kier alpha value is -2.23. The van der Waals surface area contributed by atoms with Crippen molar-refractivity contribution in [2.24, 2.45) is 0 Å². The molecule has 1 aromatic carbocycles. The minimum absolute atomic E-state index is 0.175. The number of amides is 1. The Morgan fingerprint density at radius 1 is 1.35 bits per heavy atom. The van der Waals surface area contributed by atoms with Gasteiger partial charge in [-0.3, -0.25) is 14.9 Å². The number of alkyl halides is 2. The molecule has 0 saturated carbocycles. The molecule has 6 nitrogen and oxygen atoms in total. The molecule has 10 heteroatoms. The number of halogens is 4. The third-order valence-corrected chi connectivity index (χ3v) is 2.22. The summed E-state index contributed by atoms with van der Waals surface area (Å²) in [6, 6.07) is 0.411. The molecule has 0 bridgehead atoms. The van der Waals surface area contributed by atoms with Crippen molar-refractivity contribution in [2.75, 3.05) is 13.2 Å². The van der Waals surface area contributed by atoms with E-state index in [4.69, 9.17) is 5.11 Å². The van der Waals surface area contributed by atoms with E-state index in [1.165, 1.54) is 0 Å². The Labute approximate surface area is 109 Å². The Balaban J connectivity index is 3.04. The molecule has 0 unspecified atom stereocenters. The maximum Gasteiger partial charge on any atom is 0.287 e. The van der Waals surface area contributed by atoms with Crippen LogP contribution in [0.2, 0.25) is 0 Å². The van der Waals surface area contributed by atoms with Crippen LogP contribution < -0.4 is 5.32 Å². The average Bonchev–Trinajstić information content (AvgIpc) is 2.38. The summed E-state index contributed by atoms with van der Waals surface area (Å²) >= 11 is 0. The molecule has 0 aliphatic heterocycles. The third-order valence-electron chi connectivity index (χ3n) is 2.22. The first-order valence-corrected chi connectivity index (χ1v) is 5.08. The molecule has 0 spiro atoms. The summed E-state index contributed by atoms with van der Waals surface area (Å²) in [7, 11) is 0. The van der Waals surface area contributed by atoms with E-state index in [1.54, 1.807) is 5.32 Å². The van der Waals surface area contributed by atoms with E-state index in [0.717, 1.165) is 0 Å². The monoisotopic (exact) mass is 296 g/mol.